The second kappa shape index (κ2) is 5.07. The van der Waals surface area contributed by atoms with Crippen molar-refractivity contribution in [1.29, 1.82) is 5.26 Å². The van der Waals surface area contributed by atoms with Crippen molar-refractivity contribution in [3.05, 3.63) is 59.2 Å². The van der Waals surface area contributed by atoms with Gasteiger partial charge in [0.15, 0.2) is 0 Å². The van der Waals surface area contributed by atoms with E-state index in [1.54, 1.807) is 11.8 Å². The summed E-state index contributed by atoms with van der Waals surface area (Å²) in [5.74, 6) is 0. The lowest BCUT2D eigenvalue weighted by atomic mass is 10.2. The largest absolute Gasteiger partial charge is 0.192 e. The molecular formula is C15H13NS. The molecule has 0 saturated heterocycles. The molecule has 2 aromatic rings. The Balaban J connectivity index is 2.37. The van der Waals surface area contributed by atoms with Crippen molar-refractivity contribution >= 4 is 11.8 Å². The molecule has 0 atom stereocenters. The smallest absolute Gasteiger partial charge is 0.100 e. The fourth-order valence-corrected chi connectivity index (χ4v) is 2.57. The quantitative estimate of drug-likeness (QED) is 0.779. The molecule has 0 heterocycles. The predicted molar refractivity (Wildman–Crippen MR) is 71.2 cm³/mol. The van der Waals surface area contributed by atoms with Crippen LogP contribution < -0.4 is 0 Å². The molecule has 0 radical (unpaired) electrons. The summed E-state index contributed by atoms with van der Waals surface area (Å²) in [5.41, 5.74) is 3.11. The minimum atomic E-state index is 0.748. The standard InChI is InChI=1S/C15H13NS/c1-11-7-8-15(13(9-11)10-16)17-14-6-4-3-5-12(14)2/h3-9H,1-2H3. The summed E-state index contributed by atoms with van der Waals surface area (Å²) in [6.07, 6.45) is 0. The Labute approximate surface area is 106 Å². The van der Waals surface area contributed by atoms with Gasteiger partial charge in [-0.05, 0) is 43.2 Å². The number of nitrogens with zero attached hydrogens (tertiary/aromatic N) is 1. The molecule has 0 amide bonds. The van der Waals surface area contributed by atoms with E-state index in [0.717, 1.165) is 16.0 Å². The predicted octanol–water partition coefficient (Wildman–Crippen LogP) is 4.33. The SMILES string of the molecule is Cc1ccc(Sc2ccccc2C)c(C#N)c1. The molecule has 0 aliphatic carbocycles. The molecule has 2 aromatic carbocycles. The lowest BCUT2D eigenvalue weighted by molar-refractivity contribution is 1.27. The van der Waals surface area contributed by atoms with Gasteiger partial charge in [-0.25, -0.2) is 0 Å². The first-order valence-electron chi connectivity index (χ1n) is 5.45. The molecule has 0 aliphatic heterocycles. The van der Waals surface area contributed by atoms with Gasteiger partial charge in [-0.3, -0.25) is 0 Å². The first-order valence-corrected chi connectivity index (χ1v) is 6.26. The van der Waals surface area contributed by atoms with Gasteiger partial charge >= 0.3 is 0 Å². The van der Waals surface area contributed by atoms with Crippen LogP contribution in [-0.2, 0) is 0 Å². The van der Waals surface area contributed by atoms with E-state index in [4.69, 9.17) is 5.26 Å². The normalized spacial score (nSPS) is 9.94. The van der Waals surface area contributed by atoms with Crippen molar-refractivity contribution in [1.82, 2.24) is 0 Å². The molecule has 2 heteroatoms. The van der Waals surface area contributed by atoms with Gasteiger partial charge in [0, 0.05) is 9.79 Å². The molecule has 0 unspecified atom stereocenters. The third kappa shape index (κ3) is 2.69. The molecule has 84 valence electrons. The van der Waals surface area contributed by atoms with Gasteiger partial charge in [0.2, 0.25) is 0 Å². The van der Waals surface area contributed by atoms with Crippen molar-refractivity contribution < 1.29 is 0 Å². The summed E-state index contributed by atoms with van der Waals surface area (Å²) < 4.78 is 0. The fraction of sp³-hybridized carbons (Fsp3) is 0.133. The van der Waals surface area contributed by atoms with Crippen LogP contribution in [0.1, 0.15) is 16.7 Å². The second-order valence-electron chi connectivity index (χ2n) is 3.98. The first-order chi connectivity index (χ1) is 8.20. The highest BCUT2D eigenvalue weighted by molar-refractivity contribution is 7.99. The van der Waals surface area contributed by atoms with Crippen molar-refractivity contribution in [2.45, 2.75) is 23.6 Å². The lowest BCUT2D eigenvalue weighted by Gasteiger charge is -2.07. The molecule has 0 N–H and O–H groups in total. The number of benzene rings is 2. The summed E-state index contributed by atoms with van der Waals surface area (Å²) >= 11 is 1.65. The second-order valence-corrected chi connectivity index (χ2v) is 5.06. The van der Waals surface area contributed by atoms with Gasteiger partial charge in [0.05, 0.1) is 5.56 Å². The molecule has 0 aromatic heterocycles. The molecule has 17 heavy (non-hydrogen) atoms. The minimum absolute atomic E-state index is 0.748. The van der Waals surface area contributed by atoms with Crippen LogP contribution in [-0.4, -0.2) is 0 Å². The Morgan fingerprint density at radius 2 is 1.76 bits per heavy atom. The van der Waals surface area contributed by atoms with Crippen molar-refractivity contribution in [3.63, 3.8) is 0 Å². The van der Waals surface area contributed by atoms with Gasteiger partial charge in [-0.2, -0.15) is 5.26 Å². The van der Waals surface area contributed by atoms with Crippen LogP contribution in [0, 0.1) is 25.2 Å². The van der Waals surface area contributed by atoms with Crippen LogP contribution in [0.15, 0.2) is 52.3 Å². The molecule has 0 saturated carbocycles. The highest BCUT2D eigenvalue weighted by Crippen LogP contribution is 2.32. The van der Waals surface area contributed by atoms with Gasteiger partial charge in [0.25, 0.3) is 0 Å². The molecule has 2 rings (SSSR count). The highest BCUT2D eigenvalue weighted by Gasteiger charge is 2.05. The van der Waals surface area contributed by atoms with E-state index in [1.807, 2.05) is 37.3 Å². The number of hydrogen-bond acceptors (Lipinski definition) is 2. The van der Waals surface area contributed by atoms with Gasteiger partial charge in [-0.15, -0.1) is 0 Å². The Kier molecular flexibility index (Phi) is 3.51. The number of nitriles is 1. The van der Waals surface area contributed by atoms with E-state index < -0.39 is 0 Å². The van der Waals surface area contributed by atoms with Crippen molar-refractivity contribution in [2.24, 2.45) is 0 Å². The van der Waals surface area contributed by atoms with Crippen molar-refractivity contribution in [3.8, 4) is 6.07 Å². The summed E-state index contributed by atoms with van der Waals surface area (Å²) in [6, 6.07) is 16.5. The Morgan fingerprint density at radius 3 is 2.47 bits per heavy atom. The van der Waals surface area contributed by atoms with E-state index in [1.165, 1.54) is 10.5 Å². The van der Waals surface area contributed by atoms with E-state index in [0.29, 0.717) is 0 Å². The van der Waals surface area contributed by atoms with Crippen LogP contribution in [0.4, 0.5) is 0 Å². The fourth-order valence-electron chi connectivity index (χ4n) is 1.61. The van der Waals surface area contributed by atoms with Crippen LogP contribution in [0.2, 0.25) is 0 Å². The molecule has 1 nitrogen and oxygen atoms in total. The zero-order valence-electron chi connectivity index (χ0n) is 9.90. The monoisotopic (exact) mass is 239 g/mol. The average Bonchev–Trinajstić information content (AvgIpc) is 2.34. The van der Waals surface area contributed by atoms with E-state index in [9.17, 15) is 0 Å². The van der Waals surface area contributed by atoms with E-state index in [2.05, 4.69) is 25.1 Å². The van der Waals surface area contributed by atoms with Crippen LogP contribution in [0.25, 0.3) is 0 Å². The van der Waals surface area contributed by atoms with Gasteiger partial charge in [0.1, 0.15) is 6.07 Å². The molecule has 0 spiro atoms. The average molecular weight is 239 g/mol. The summed E-state index contributed by atoms with van der Waals surface area (Å²) in [4.78, 5) is 2.22. The lowest BCUT2D eigenvalue weighted by Crippen LogP contribution is -1.84. The zero-order chi connectivity index (χ0) is 12.3. The Bertz CT molecular complexity index is 582. The summed E-state index contributed by atoms with van der Waals surface area (Å²) in [6.45, 7) is 4.09. The summed E-state index contributed by atoms with van der Waals surface area (Å²) in [5, 5.41) is 9.13. The molecule has 0 aliphatic rings. The van der Waals surface area contributed by atoms with Crippen LogP contribution >= 0.6 is 11.8 Å². The first kappa shape index (κ1) is 11.8. The summed E-state index contributed by atoms with van der Waals surface area (Å²) in [7, 11) is 0. The maximum atomic E-state index is 9.13. The Morgan fingerprint density at radius 1 is 1.00 bits per heavy atom. The van der Waals surface area contributed by atoms with E-state index in [-0.39, 0.29) is 0 Å². The van der Waals surface area contributed by atoms with Crippen molar-refractivity contribution in [2.75, 3.05) is 0 Å². The maximum absolute atomic E-state index is 9.13. The van der Waals surface area contributed by atoms with Gasteiger partial charge < -0.3 is 0 Å². The highest BCUT2D eigenvalue weighted by atomic mass is 32.2. The van der Waals surface area contributed by atoms with Crippen LogP contribution in [0.5, 0.6) is 0 Å². The van der Waals surface area contributed by atoms with E-state index >= 15 is 0 Å². The third-order valence-corrected chi connectivity index (χ3v) is 3.82. The number of aryl methyl sites for hydroxylation is 2. The Hall–Kier alpha value is -1.72. The van der Waals surface area contributed by atoms with Gasteiger partial charge in [-0.1, -0.05) is 36.0 Å². The molecule has 0 fully saturated rings. The minimum Gasteiger partial charge on any atom is -0.192 e. The topological polar surface area (TPSA) is 23.8 Å². The maximum Gasteiger partial charge on any atom is 0.100 e. The number of hydrogen-bond donors (Lipinski definition) is 0. The number of rotatable bonds is 2. The molecular weight excluding hydrogens is 226 g/mol. The zero-order valence-corrected chi connectivity index (χ0v) is 10.7. The van der Waals surface area contributed by atoms with Crippen LogP contribution in [0.3, 0.4) is 0 Å². The molecule has 0 bridgehead atoms. The third-order valence-electron chi connectivity index (χ3n) is 2.57.